The van der Waals surface area contributed by atoms with Crippen LogP contribution in [0, 0.1) is 0 Å². The van der Waals surface area contributed by atoms with Gasteiger partial charge in [0, 0.05) is 24.3 Å². The first-order valence-electron chi connectivity index (χ1n) is 9.04. The minimum atomic E-state index is -3.54. The van der Waals surface area contributed by atoms with Crippen molar-refractivity contribution in [2.45, 2.75) is 18.2 Å². The molecule has 0 radical (unpaired) electrons. The van der Waals surface area contributed by atoms with Gasteiger partial charge in [-0.15, -0.1) is 0 Å². The van der Waals surface area contributed by atoms with Crippen molar-refractivity contribution in [1.82, 2.24) is 4.31 Å². The van der Waals surface area contributed by atoms with Crippen molar-refractivity contribution >= 4 is 21.5 Å². The van der Waals surface area contributed by atoms with E-state index in [2.05, 4.69) is 12.2 Å². The summed E-state index contributed by atoms with van der Waals surface area (Å²) in [6.07, 6.45) is 0.971. The third-order valence-corrected chi connectivity index (χ3v) is 6.51. The van der Waals surface area contributed by atoms with E-state index in [-0.39, 0.29) is 17.2 Å². The highest BCUT2D eigenvalue weighted by molar-refractivity contribution is 7.89. The highest BCUT2D eigenvalue weighted by Crippen LogP contribution is 2.18. The van der Waals surface area contributed by atoms with Crippen LogP contribution in [0.15, 0.2) is 53.4 Å². The van der Waals surface area contributed by atoms with Crippen molar-refractivity contribution in [3.05, 3.63) is 59.7 Å². The molecule has 0 amide bonds. The van der Waals surface area contributed by atoms with E-state index in [9.17, 15) is 13.2 Å². The minimum Gasteiger partial charge on any atom is -0.379 e. The van der Waals surface area contributed by atoms with Crippen LogP contribution in [-0.2, 0) is 21.2 Å². The zero-order chi connectivity index (χ0) is 19.3. The number of hydrogen-bond acceptors (Lipinski definition) is 5. The van der Waals surface area contributed by atoms with Gasteiger partial charge in [0.1, 0.15) is 0 Å². The molecule has 7 heteroatoms. The number of nitrogens with one attached hydrogen (secondary N) is 1. The summed E-state index contributed by atoms with van der Waals surface area (Å²) in [5.74, 6) is -0.0927. The highest BCUT2D eigenvalue weighted by atomic mass is 32.2. The fourth-order valence-electron chi connectivity index (χ4n) is 2.89. The molecule has 1 fully saturated rings. The maximum Gasteiger partial charge on any atom is 0.243 e. The maximum absolute atomic E-state index is 12.6. The number of nitrogens with zero attached hydrogens (tertiary/aromatic N) is 1. The molecule has 1 aliphatic rings. The van der Waals surface area contributed by atoms with Crippen LogP contribution >= 0.6 is 0 Å². The molecule has 1 saturated heterocycles. The number of anilines is 1. The highest BCUT2D eigenvalue weighted by Gasteiger charge is 2.26. The Balaban J connectivity index is 1.62. The Morgan fingerprint density at radius 3 is 2.26 bits per heavy atom. The van der Waals surface area contributed by atoms with Gasteiger partial charge in [0.05, 0.1) is 24.7 Å². The Kier molecular flexibility index (Phi) is 6.26. The summed E-state index contributed by atoms with van der Waals surface area (Å²) in [6, 6.07) is 14.1. The van der Waals surface area contributed by atoms with Gasteiger partial charge in [-0.3, -0.25) is 4.79 Å². The number of morpholine rings is 1. The van der Waals surface area contributed by atoms with E-state index in [1.54, 1.807) is 12.1 Å². The fourth-order valence-corrected chi connectivity index (χ4v) is 4.30. The first-order chi connectivity index (χ1) is 13.0. The number of aryl methyl sites for hydroxylation is 1. The zero-order valence-electron chi connectivity index (χ0n) is 15.3. The predicted octanol–water partition coefficient (Wildman–Crippen LogP) is 2.56. The van der Waals surface area contributed by atoms with Gasteiger partial charge in [0.2, 0.25) is 10.0 Å². The second kappa shape index (κ2) is 8.65. The molecule has 27 heavy (non-hydrogen) atoms. The summed E-state index contributed by atoms with van der Waals surface area (Å²) in [4.78, 5) is 12.6. The molecular formula is C20H24N2O4S. The van der Waals surface area contributed by atoms with Gasteiger partial charge < -0.3 is 10.1 Å². The van der Waals surface area contributed by atoms with Crippen molar-refractivity contribution in [3.63, 3.8) is 0 Å². The molecule has 0 aromatic heterocycles. The quantitative estimate of drug-likeness (QED) is 0.738. The number of carbonyl (C=O) groups excluding carboxylic acids is 1. The zero-order valence-corrected chi connectivity index (χ0v) is 16.2. The van der Waals surface area contributed by atoms with Crippen LogP contribution in [0.2, 0.25) is 0 Å². The third kappa shape index (κ3) is 4.74. The summed E-state index contributed by atoms with van der Waals surface area (Å²) in [6.45, 7) is 3.75. The Bertz CT molecular complexity index is 871. The minimum absolute atomic E-state index is 0.0927. The molecule has 1 aliphatic heterocycles. The molecule has 2 aromatic carbocycles. The molecular weight excluding hydrogens is 364 g/mol. The molecule has 1 N–H and O–H groups in total. The maximum atomic E-state index is 12.6. The summed E-state index contributed by atoms with van der Waals surface area (Å²) in [5, 5.41) is 3.10. The summed E-state index contributed by atoms with van der Waals surface area (Å²) in [7, 11) is -3.54. The van der Waals surface area contributed by atoms with E-state index < -0.39 is 10.0 Å². The average molecular weight is 388 g/mol. The summed E-state index contributed by atoms with van der Waals surface area (Å²) < 4.78 is 31.8. The predicted molar refractivity (Wildman–Crippen MR) is 105 cm³/mol. The van der Waals surface area contributed by atoms with Crippen LogP contribution in [0.5, 0.6) is 0 Å². The largest absolute Gasteiger partial charge is 0.379 e. The molecule has 144 valence electrons. The second-order valence-electron chi connectivity index (χ2n) is 6.37. The summed E-state index contributed by atoms with van der Waals surface area (Å²) >= 11 is 0. The number of benzene rings is 2. The Morgan fingerprint density at radius 2 is 1.67 bits per heavy atom. The lowest BCUT2D eigenvalue weighted by Gasteiger charge is -2.26. The number of carbonyl (C=O) groups is 1. The third-order valence-electron chi connectivity index (χ3n) is 4.60. The molecule has 0 saturated carbocycles. The van der Waals surface area contributed by atoms with Crippen molar-refractivity contribution < 1.29 is 17.9 Å². The van der Waals surface area contributed by atoms with Crippen molar-refractivity contribution in [3.8, 4) is 0 Å². The topological polar surface area (TPSA) is 75.7 Å². The number of ketones is 1. The van der Waals surface area contributed by atoms with Gasteiger partial charge in [-0.25, -0.2) is 8.42 Å². The smallest absolute Gasteiger partial charge is 0.243 e. The van der Waals surface area contributed by atoms with Crippen LogP contribution in [0.1, 0.15) is 22.8 Å². The first-order valence-corrected chi connectivity index (χ1v) is 10.5. The number of ether oxygens (including phenoxy) is 1. The SMILES string of the molecule is CCc1ccc(NCC(=O)c2ccc(S(=O)(=O)N3CCOCC3)cc2)cc1. The standard InChI is InChI=1S/C20H24N2O4S/c1-2-16-3-7-18(8-4-16)21-15-20(23)17-5-9-19(10-6-17)27(24,25)22-11-13-26-14-12-22/h3-10,21H,2,11-15H2,1H3. The van der Waals surface area contributed by atoms with Gasteiger partial charge in [-0.1, -0.05) is 19.1 Å². The molecule has 0 atom stereocenters. The van der Waals surface area contributed by atoms with Crippen molar-refractivity contribution in [1.29, 1.82) is 0 Å². The number of sulfonamides is 1. The van der Waals surface area contributed by atoms with Crippen molar-refractivity contribution in [2.24, 2.45) is 0 Å². The van der Waals surface area contributed by atoms with Gasteiger partial charge in [0.15, 0.2) is 5.78 Å². The number of rotatable bonds is 7. The lowest BCUT2D eigenvalue weighted by Crippen LogP contribution is -2.40. The first kappa shape index (κ1) is 19.5. The lowest BCUT2D eigenvalue weighted by molar-refractivity contribution is 0.0730. The normalized spacial score (nSPS) is 15.4. The molecule has 6 nitrogen and oxygen atoms in total. The molecule has 0 spiro atoms. The Hall–Kier alpha value is -2.22. The van der Waals surface area contributed by atoms with E-state index in [1.807, 2.05) is 24.3 Å². The van der Waals surface area contributed by atoms with Gasteiger partial charge in [-0.2, -0.15) is 4.31 Å². The molecule has 0 unspecified atom stereocenters. The molecule has 1 heterocycles. The van der Waals surface area contributed by atoms with Gasteiger partial charge in [-0.05, 0) is 48.4 Å². The van der Waals surface area contributed by atoms with Crippen LogP contribution in [0.4, 0.5) is 5.69 Å². The van der Waals surface area contributed by atoms with Gasteiger partial charge >= 0.3 is 0 Å². The van der Waals surface area contributed by atoms with E-state index in [1.165, 1.54) is 22.0 Å². The van der Waals surface area contributed by atoms with Crippen molar-refractivity contribution in [2.75, 3.05) is 38.2 Å². The van der Waals surface area contributed by atoms with Gasteiger partial charge in [0.25, 0.3) is 0 Å². The van der Waals surface area contributed by atoms with E-state index in [0.717, 1.165) is 12.1 Å². The second-order valence-corrected chi connectivity index (χ2v) is 8.31. The fraction of sp³-hybridized carbons (Fsp3) is 0.350. The van der Waals surface area contributed by atoms with Crippen LogP contribution in [0.3, 0.4) is 0 Å². The Morgan fingerprint density at radius 1 is 1.04 bits per heavy atom. The molecule has 0 bridgehead atoms. The summed E-state index contributed by atoms with van der Waals surface area (Å²) in [5.41, 5.74) is 2.60. The van der Waals surface area contributed by atoms with Crippen LogP contribution < -0.4 is 5.32 Å². The average Bonchev–Trinajstić information content (AvgIpc) is 2.73. The molecule has 2 aromatic rings. The monoisotopic (exact) mass is 388 g/mol. The van der Waals surface area contributed by atoms with Crippen LogP contribution in [0.25, 0.3) is 0 Å². The van der Waals surface area contributed by atoms with Crippen LogP contribution in [-0.4, -0.2) is 51.4 Å². The number of hydrogen-bond donors (Lipinski definition) is 1. The molecule has 3 rings (SSSR count). The molecule has 0 aliphatic carbocycles. The lowest BCUT2D eigenvalue weighted by atomic mass is 10.1. The van der Waals surface area contributed by atoms with E-state index in [0.29, 0.717) is 31.9 Å². The van der Waals surface area contributed by atoms with E-state index in [4.69, 9.17) is 4.74 Å². The Labute approximate surface area is 160 Å². The van der Waals surface area contributed by atoms with E-state index >= 15 is 0 Å². The number of Topliss-reactive ketones (excluding diaryl/α,β-unsaturated/α-hetero) is 1.